The minimum absolute atomic E-state index is 1.18. The van der Waals surface area contributed by atoms with E-state index in [9.17, 15) is 0 Å². The lowest BCUT2D eigenvalue weighted by atomic mass is 10.3. The topological polar surface area (TPSA) is 26.0 Å². The van der Waals surface area contributed by atoms with Crippen LogP contribution in [-0.2, 0) is 0 Å². The standard InChI is InChI=1S/C5H10N/c6-5-3-1-2-4-5/h1-4,6H2. The van der Waals surface area contributed by atoms with Gasteiger partial charge in [-0.3, -0.25) is 0 Å². The summed E-state index contributed by atoms with van der Waals surface area (Å²) < 4.78 is 0. The van der Waals surface area contributed by atoms with Gasteiger partial charge in [0.25, 0.3) is 0 Å². The molecular formula is C5H10N. The van der Waals surface area contributed by atoms with Crippen LogP contribution in [0.5, 0.6) is 0 Å². The van der Waals surface area contributed by atoms with Crippen molar-refractivity contribution >= 4 is 0 Å². The zero-order valence-electron chi connectivity index (χ0n) is 3.91. The highest BCUT2D eigenvalue weighted by Crippen LogP contribution is 2.20. The molecule has 0 aliphatic heterocycles. The molecule has 0 unspecified atom stereocenters. The van der Waals surface area contributed by atoms with Crippen LogP contribution in [0.2, 0.25) is 0 Å². The molecule has 1 aliphatic carbocycles. The molecule has 1 rings (SSSR count). The first kappa shape index (κ1) is 4.13. The molecule has 1 aliphatic rings. The van der Waals surface area contributed by atoms with Crippen LogP contribution < -0.4 is 5.73 Å². The Morgan fingerprint density at radius 2 is 1.67 bits per heavy atom. The lowest BCUT2D eigenvalue weighted by molar-refractivity contribution is 0.886. The Morgan fingerprint density at radius 3 is 1.83 bits per heavy atom. The smallest absolute Gasteiger partial charge is 0.0336 e. The first-order valence-electron chi connectivity index (χ1n) is 2.50. The van der Waals surface area contributed by atoms with Crippen LogP contribution in [0.4, 0.5) is 0 Å². The predicted octanol–water partition coefficient (Wildman–Crippen LogP) is 1.05. The second kappa shape index (κ2) is 1.61. The van der Waals surface area contributed by atoms with Gasteiger partial charge in [0, 0.05) is 6.04 Å². The molecule has 0 aromatic rings. The summed E-state index contributed by atoms with van der Waals surface area (Å²) in [6, 6.07) is 1.20. The summed E-state index contributed by atoms with van der Waals surface area (Å²) in [5.41, 5.74) is 5.45. The van der Waals surface area contributed by atoms with Gasteiger partial charge in [0.1, 0.15) is 0 Å². The Morgan fingerprint density at radius 1 is 1.17 bits per heavy atom. The maximum absolute atomic E-state index is 5.45. The van der Waals surface area contributed by atoms with Crippen molar-refractivity contribution in [2.75, 3.05) is 0 Å². The summed E-state index contributed by atoms with van der Waals surface area (Å²) in [6.07, 6.45) is 5.01. The molecule has 1 radical (unpaired) electrons. The minimum atomic E-state index is 1.18. The average Bonchev–Trinajstić information content (AvgIpc) is 1.86. The Balaban J connectivity index is 2.18. The largest absolute Gasteiger partial charge is 0.324 e. The Kier molecular flexibility index (Phi) is 1.10. The molecule has 0 bridgehead atoms. The molecule has 6 heavy (non-hydrogen) atoms. The zero-order valence-corrected chi connectivity index (χ0v) is 3.91. The molecule has 1 saturated carbocycles. The van der Waals surface area contributed by atoms with Crippen molar-refractivity contribution in [2.45, 2.75) is 25.7 Å². The molecule has 2 N–H and O–H groups in total. The second-order valence-electron chi connectivity index (χ2n) is 1.87. The summed E-state index contributed by atoms with van der Waals surface area (Å²) in [7, 11) is 0. The molecule has 35 valence electrons. The van der Waals surface area contributed by atoms with Crippen LogP contribution >= 0.6 is 0 Å². The lowest BCUT2D eigenvalue weighted by Gasteiger charge is -1.91. The van der Waals surface area contributed by atoms with Crippen LogP contribution in [0, 0.1) is 6.04 Å². The Bertz CT molecular complexity index is 37.2. The van der Waals surface area contributed by atoms with Crippen molar-refractivity contribution in [1.82, 2.24) is 0 Å². The first-order valence-corrected chi connectivity index (χ1v) is 2.50. The van der Waals surface area contributed by atoms with Gasteiger partial charge < -0.3 is 5.73 Å². The molecular weight excluding hydrogens is 74.1 g/mol. The van der Waals surface area contributed by atoms with Gasteiger partial charge in [-0.05, 0) is 12.8 Å². The van der Waals surface area contributed by atoms with E-state index in [-0.39, 0.29) is 0 Å². The number of hydrogen-bond acceptors (Lipinski definition) is 1. The molecule has 1 nitrogen and oxygen atoms in total. The van der Waals surface area contributed by atoms with Crippen molar-refractivity contribution in [2.24, 2.45) is 5.73 Å². The van der Waals surface area contributed by atoms with Gasteiger partial charge in [0.2, 0.25) is 0 Å². The number of hydrogen-bond donors (Lipinski definition) is 1. The fraction of sp³-hybridized carbons (Fsp3) is 0.800. The molecule has 1 heteroatoms. The maximum atomic E-state index is 5.45. The van der Waals surface area contributed by atoms with Crippen LogP contribution in [0.15, 0.2) is 0 Å². The number of rotatable bonds is 0. The third kappa shape index (κ3) is 0.716. The number of nitrogens with two attached hydrogens (primary N) is 1. The quantitative estimate of drug-likeness (QED) is 0.466. The summed E-state index contributed by atoms with van der Waals surface area (Å²) in [6.45, 7) is 0. The molecule has 0 saturated heterocycles. The monoisotopic (exact) mass is 84.1 g/mol. The van der Waals surface area contributed by atoms with Gasteiger partial charge in [-0.25, -0.2) is 0 Å². The van der Waals surface area contributed by atoms with Gasteiger partial charge in [0.15, 0.2) is 0 Å². The van der Waals surface area contributed by atoms with E-state index >= 15 is 0 Å². The van der Waals surface area contributed by atoms with E-state index in [0.717, 1.165) is 0 Å². The molecule has 0 aromatic carbocycles. The SMILES string of the molecule is N[C]1CCCC1. The zero-order chi connectivity index (χ0) is 4.41. The highest BCUT2D eigenvalue weighted by atomic mass is 14.6. The van der Waals surface area contributed by atoms with Crippen LogP contribution in [0.25, 0.3) is 0 Å². The first-order chi connectivity index (χ1) is 2.89. The van der Waals surface area contributed by atoms with Crippen LogP contribution in [0.1, 0.15) is 25.7 Å². The Hall–Kier alpha value is -0.0400. The fourth-order valence-electron chi connectivity index (χ4n) is 0.829. The van der Waals surface area contributed by atoms with E-state index in [1.54, 1.807) is 0 Å². The van der Waals surface area contributed by atoms with Gasteiger partial charge in [-0.1, -0.05) is 12.8 Å². The Labute approximate surface area is 38.5 Å². The van der Waals surface area contributed by atoms with Gasteiger partial charge in [0.05, 0.1) is 0 Å². The highest BCUT2D eigenvalue weighted by Gasteiger charge is 2.08. The molecule has 0 spiro atoms. The fourth-order valence-corrected chi connectivity index (χ4v) is 0.829. The average molecular weight is 84.1 g/mol. The van der Waals surface area contributed by atoms with Crippen molar-refractivity contribution < 1.29 is 0 Å². The summed E-state index contributed by atoms with van der Waals surface area (Å²) in [5, 5.41) is 0. The molecule has 0 heterocycles. The van der Waals surface area contributed by atoms with Crippen molar-refractivity contribution in [1.29, 1.82) is 0 Å². The highest BCUT2D eigenvalue weighted by molar-refractivity contribution is 4.86. The van der Waals surface area contributed by atoms with E-state index in [1.807, 2.05) is 0 Å². The lowest BCUT2D eigenvalue weighted by Crippen LogP contribution is -2.01. The van der Waals surface area contributed by atoms with Gasteiger partial charge in [-0.2, -0.15) is 0 Å². The molecule has 1 fully saturated rings. The van der Waals surface area contributed by atoms with E-state index in [2.05, 4.69) is 0 Å². The van der Waals surface area contributed by atoms with Crippen molar-refractivity contribution in [3.8, 4) is 0 Å². The molecule has 0 aromatic heterocycles. The van der Waals surface area contributed by atoms with E-state index in [1.165, 1.54) is 31.7 Å². The van der Waals surface area contributed by atoms with E-state index < -0.39 is 0 Å². The van der Waals surface area contributed by atoms with Gasteiger partial charge in [-0.15, -0.1) is 0 Å². The third-order valence-corrected chi connectivity index (χ3v) is 1.25. The summed E-state index contributed by atoms with van der Waals surface area (Å²) in [4.78, 5) is 0. The predicted molar refractivity (Wildman–Crippen MR) is 25.9 cm³/mol. The maximum Gasteiger partial charge on any atom is 0.0336 e. The van der Waals surface area contributed by atoms with E-state index in [4.69, 9.17) is 5.73 Å². The van der Waals surface area contributed by atoms with Crippen molar-refractivity contribution in [3.05, 3.63) is 6.04 Å². The molecule has 0 amide bonds. The van der Waals surface area contributed by atoms with Crippen LogP contribution in [0.3, 0.4) is 0 Å². The van der Waals surface area contributed by atoms with Crippen molar-refractivity contribution in [3.63, 3.8) is 0 Å². The third-order valence-electron chi connectivity index (χ3n) is 1.25. The molecule has 0 atom stereocenters. The minimum Gasteiger partial charge on any atom is -0.324 e. The summed E-state index contributed by atoms with van der Waals surface area (Å²) >= 11 is 0. The normalized spacial score (nSPS) is 25.5. The van der Waals surface area contributed by atoms with E-state index in [0.29, 0.717) is 0 Å². The van der Waals surface area contributed by atoms with Crippen LogP contribution in [-0.4, -0.2) is 0 Å². The second-order valence-corrected chi connectivity index (χ2v) is 1.87. The summed E-state index contributed by atoms with van der Waals surface area (Å²) in [5.74, 6) is 0. The van der Waals surface area contributed by atoms with Gasteiger partial charge >= 0.3 is 0 Å².